The van der Waals surface area contributed by atoms with E-state index in [1.54, 1.807) is 0 Å². The molecule has 112 valence electrons. The first-order valence-electron chi connectivity index (χ1n) is 7.59. The standard InChI is InChI=1S/C17H27NOS/c1-16(2,3)14-9-8-13(20-14)10-11-17(4,5)15(19)18-12-6-7-12/h8-9,12H,6-7,10-11H2,1-5H3,(H,18,19). The molecular weight excluding hydrogens is 266 g/mol. The summed E-state index contributed by atoms with van der Waals surface area (Å²) >= 11 is 1.89. The molecule has 1 aliphatic rings. The van der Waals surface area contributed by atoms with Crippen LogP contribution in [0.4, 0.5) is 0 Å². The molecule has 1 fully saturated rings. The molecule has 20 heavy (non-hydrogen) atoms. The van der Waals surface area contributed by atoms with Gasteiger partial charge in [0.1, 0.15) is 0 Å². The summed E-state index contributed by atoms with van der Waals surface area (Å²) in [4.78, 5) is 15.0. The predicted molar refractivity (Wildman–Crippen MR) is 86.3 cm³/mol. The van der Waals surface area contributed by atoms with Crippen LogP contribution in [0.1, 0.15) is 63.6 Å². The minimum absolute atomic E-state index is 0.215. The lowest BCUT2D eigenvalue weighted by Gasteiger charge is -2.23. The summed E-state index contributed by atoms with van der Waals surface area (Å²) in [5.74, 6) is 0.215. The molecule has 0 spiro atoms. The van der Waals surface area contributed by atoms with Crippen LogP contribution in [0.3, 0.4) is 0 Å². The maximum absolute atomic E-state index is 12.2. The number of amides is 1. The van der Waals surface area contributed by atoms with Gasteiger partial charge in [-0.1, -0.05) is 34.6 Å². The Kier molecular flexibility index (Phi) is 4.29. The molecule has 0 bridgehead atoms. The molecule has 1 saturated carbocycles. The van der Waals surface area contributed by atoms with Gasteiger partial charge in [0.25, 0.3) is 0 Å². The van der Waals surface area contributed by atoms with Crippen molar-refractivity contribution in [2.75, 3.05) is 0 Å². The average Bonchev–Trinajstić information content (AvgIpc) is 3.00. The summed E-state index contributed by atoms with van der Waals surface area (Å²) in [7, 11) is 0. The molecule has 1 amide bonds. The molecule has 1 aromatic heterocycles. The third-order valence-corrected chi connectivity index (χ3v) is 5.50. The maximum Gasteiger partial charge on any atom is 0.225 e. The van der Waals surface area contributed by atoms with Crippen molar-refractivity contribution >= 4 is 17.2 Å². The lowest BCUT2D eigenvalue weighted by Crippen LogP contribution is -2.38. The number of rotatable bonds is 5. The molecule has 0 unspecified atom stereocenters. The van der Waals surface area contributed by atoms with Gasteiger partial charge in [-0.05, 0) is 43.2 Å². The van der Waals surface area contributed by atoms with E-state index < -0.39 is 0 Å². The highest BCUT2D eigenvalue weighted by Crippen LogP contribution is 2.32. The summed E-state index contributed by atoms with van der Waals surface area (Å²) in [5.41, 5.74) is -0.0454. The van der Waals surface area contributed by atoms with E-state index in [-0.39, 0.29) is 16.7 Å². The third-order valence-electron chi connectivity index (χ3n) is 3.92. The Morgan fingerprint density at radius 3 is 2.40 bits per heavy atom. The Morgan fingerprint density at radius 1 is 1.25 bits per heavy atom. The molecular formula is C17H27NOS. The highest BCUT2D eigenvalue weighted by molar-refractivity contribution is 7.12. The van der Waals surface area contributed by atoms with Crippen molar-refractivity contribution in [2.24, 2.45) is 5.41 Å². The fourth-order valence-electron chi connectivity index (χ4n) is 2.07. The number of hydrogen-bond acceptors (Lipinski definition) is 2. The SMILES string of the molecule is CC(C)(CCc1ccc(C(C)(C)C)s1)C(=O)NC1CC1. The van der Waals surface area contributed by atoms with E-state index in [1.807, 2.05) is 11.3 Å². The molecule has 0 aliphatic heterocycles. The van der Waals surface area contributed by atoms with Crippen LogP contribution in [-0.2, 0) is 16.6 Å². The van der Waals surface area contributed by atoms with Gasteiger partial charge in [0.15, 0.2) is 0 Å². The van der Waals surface area contributed by atoms with E-state index in [0.717, 1.165) is 25.7 Å². The summed E-state index contributed by atoms with van der Waals surface area (Å²) in [5, 5.41) is 3.12. The van der Waals surface area contributed by atoms with E-state index in [9.17, 15) is 4.79 Å². The Morgan fingerprint density at radius 2 is 1.90 bits per heavy atom. The van der Waals surface area contributed by atoms with Gasteiger partial charge >= 0.3 is 0 Å². The van der Waals surface area contributed by atoms with Crippen molar-refractivity contribution in [1.29, 1.82) is 0 Å². The summed E-state index contributed by atoms with van der Waals surface area (Å²) in [6.45, 7) is 10.9. The van der Waals surface area contributed by atoms with Crippen LogP contribution in [0.25, 0.3) is 0 Å². The normalized spacial score (nSPS) is 16.2. The zero-order valence-electron chi connectivity index (χ0n) is 13.4. The second kappa shape index (κ2) is 5.51. The number of aryl methyl sites for hydroxylation is 1. The summed E-state index contributed by atoms with van der Waals surface area (Å²) in [6, 6.07) is 4.91. The van der Waals surface area contributed by atoms with Crippen LogP contribution in [-0.4, -0.2) is 11.9 Å². The smallest absolute Gasteiger partial charge is 0.225 e. The average molecular weight is 293 g/mol. The topological polar surface area (TPSA) is 29.1 Å². The number of carbonyl (C=O) groups is 1. The number of nitrogens with one attached hydrogen (secondary N) is 1. The van der Waals surface area contributed by atoms with Gasteiger partial charge in [0.2, 0.25) is 5.91 Å². The van der Waals surface area contributed by atoms with Crippen LogP contribution >= 0.6 is 11.3 Å². The molecule has 1 heterocycles. The molecule has 1 N–H and O–H groups in total. The first-order valence-corrected chi connectivity index (χ1v) is 8.40. The summed E-state index contributed by atoms with van der Waals surface area (Å²) < 4.78 is 0. The van der Waals surface area contributed by atoms with Crippen LogP contribution in [0.2, 0.25) is 0 Å². The quantitative estimate of drug-likeness (QED) is 0.862. The Labute approximate surface area is 127 Å². The number of carbonyl (C=O) groups excluding carboxylic acids is 1. The Balaban J connectivity index is 1.90. The van der Waals surface area contributed by atoms with Crippen LogP contribution in [0.15, 0.2) is 12.1 Å². The van der Waals surface area contributed by atoms with Crippen molar-refractivity contribution in [3.8, 4) is 0 Å². The molecule has 1 aliphatic carbocycles. The van der Waals surface area contributed by atoms with Gasteiger partial charge < -0.3 is 5.32 Å². The molecule has 2 nitrogen and oxygen atoms in total. The first kappa shape index (κ1) is 15.6. The fraction of sp³-hybridized carbons (Fsp3) is 0.706. The molecule has 0 aromatic carbocycles. The van der Waals surface area contributed by atoms with Gasteiger partial charge in [0, 0.05) is 21.2 Å². The third kappa shape index (κ3) is 4.08. The lowest BCUT2D eigenvalue weighted by molar-refractivity contribution is -0.129. The van der Waals surface area contributed by atoms with Gasteiger partial charge in [-0.15, -0.1) is 11.3 Å². The second-order valence-corrected chi connectivity index (χ2v) is 8.82. The fourth-order valence-corrected chi connectivity index (χ4v) is 3.14. The van der Waals surface area contributed by atoms with Gasteiger partial charge in [-0.2, -0.15) is 0 Å². The predicted octanol–water partition coefficient (Wildman–Crippen LogP) is 4.28. The van der Waals surface area contributed by atoms with Crippen LogP contribution < -0.4 is 5.32 Å². The molecule has 0 saturated heterocycles. The second-order valence-electron chi connectivity index (χ2n) is 7.65. The largest absolute Gasteiger partial charge is 0.353 e. The van der Waals surface area contributed by atoms with E-state index in [1.165, 1.54) is 9.75 Å². The van der Waals surface area contributed by atoms with Crippen molar-refractivity contribution in [3.63, 3.8) is 0 Å². The van der Waals surface area contributed by atoms with Crippen LogP contribution in [0.5, 0.6) is 0 Å². The molecule has 0 atom stereocenters. The monoisotopic (exact) mass is 293 g/mol. The van der Waals surface area contributed by atoms with E-state index in [2.05, 4.69) is 52.1 Å². The lowest BCUT2D eigenvalue weighted by atomic mass is 9.86. The maximum atomic E-state index is 12.2. The van der Waals surface area contributed by atoms with Gasteiger partial charge in [-0.3, -0.25) is 4.79 Å². The van der Waals surface area contributed by atoms with Crippen molar-refractivity contribution in [1.82, 2.24) is 5.32 Å². The highest BCUT2D eigenvalue weighted by Gasteiger charge is 2.32. The Bertz CT molecular complexity index is 477. The van der Waals surface area contributed by atoms with Crippen molar-refractivity contribution in [3.05, 3.63) is 21.9 Å². The summed E-state index contributed by atoms with van der Waals surface area (Å²) in [6.07, 6.45) is 4.21. The van der Waals surface area contributed by atoms with E-state index in [4.69, 9.17) is 0 Å². The first-order chi connectivity index (χ1) is 9.18. The minimum Gasteiger partial charge on any atom is -0.353 e. The Hall–Kier alpha value is -0.830. The van der Waals surface area contributed by atoms with Gasteiger partial charge in [0.05, 0.1) is 0 Å². The van der Waals surface area contributed by atoms with Crippen molar-refractivity contribution in [2.45, 2.75) is 71.8 Å². The molecule has 3 heteroatoms. The zero-order chi connectivity index (χ0) is 15.0. The zero-order valence-corrected chi connectivity index (χ0v) is 14.2. The van der Waals surface area contributed by atoms with Gasteiger partial charge in [-0.25, -0.2) is 0 Å². The minimum atomic E-state index is -0.269. The number of thiophene rings is 1. The highest BCUT2D eigenvalue weighted by atomic mass is 32.1. The molecule has 2 rings (SSSR count). The van der Waals surface area contributed by atoms with E-state index in [0.29, 0.717) is 6.04 Å². The van der Waals surface area contributed by atoms with E-state index >= 15 is 0 Å². The van der Waals surface area contributed by atoms with Crippen LogP contribution in [0, 0.1) is 5.41 Å². The molecule has 0 radical (unpaired) electrons. The molecule has 1 aromatic rings. The number of hydrogen-bond donors (Lipinski definition) is 1. The van der Waals surface area contributed by atoms with Crippen molar-refractivity contribution < 1.29 is 4.79 Å².